The first-order valence-corrected chi connectivity index (χ1v) is 5.43. The number of alkyl halides is 3. The number of likely N-dealkylation sites (tertiary alicyclic amines) is 1. The molecule has 0 spiro atoms. The zero-order chi connectivity index (χ0) is 11.9. The predicted octanol–water partition coefficient (Wildman–Crippen LogP) is 1.24. The Balaban J connectivity index is 2.03. The number of likely N-dealkylation sites (N-methyl/N-ethyl adjacent to an activating group) is 1. The fourth-order valence-electron chi connectivity index (χ4n) is 2.78. The minimum atomic E-state index is -4.39. The number of halogens is 3. The molecule has 2 aliphatic heterocycles. The van der Waals surface area contributed by atoms with Gasteiger partial charge in [0.05, 0.1) is 0 Å². The minimum absolute atomic E-state index is 0.0152. The van der Waals surface area contributed by atoms with Crippen LogP contribution in [-0.4, -0.2) is 54.1 Å². The van der Waals surface area contributed by atoms with Crippen molar-refractivity contribution >= 4 is 5.91 Å². The number of carbonyl (C=O) groups excluding carboxylic acids is 1. The molecule has 16 heavy (non-hydrogen) atoms. The van der Waals surface area contributed by atoms with Crippen LogP contribution in [0.4, 0.5) is 13.2 Å². The first-order valence-electron chi connectivity index (χ1n) is 5.43. The van der Waals surface area contributed by atoms with E-state index in [1.165, 1.54) is 4.90 Å². The summed E-state index contributed by atoms with van der Waals surface area (Å²) in [5, 5.41) is 0. The highest BCUT2D eigenvalue weighted by atomic mass is 19.4. The highest BCUT2D eigenvalue weighted by Crippen LogP contribution is 2.32. The third-order valence-electron chi connectivity index (χ3n) is 3.30. The first kappa shape index (κ1) is 11.7. The van der Waals surface area contributed by atoms with Crippen LogP contribution in [0.25, 0.3) is 0 Å². The van der Waals surface area contributed by atoms with E-state index in [1.807, 2.05) is 7.05 Å². The summed E-state index contributed by atoms with van der Waals surface area (Å²) in [6, 6.07) is -0.0304. The average molecular weight is 236 g/mol. The average Bonchev–Trinajstić information content (AvgIpc) is 2.36. The molecule has 3 nitrogen and oxygen atoms in total. The Morgan fingerprint density at radius 2 is 1.75 bits per heavy atom. The SMILES string of the molecule is CN1CC2CCC(C1)N2C(=O)CC(F)(F)F. The van der Waals surface area contributed by atoms with E-state index in [0.29, 0.717) is 13.1 Å². The lowest BCUT2D eigenvalue weighted by molar-refractivity contribution is -0.165. The van der Waals surface area contributed by atoms with Crippen molar-refractivity contribution in [3.8, 4) is 0 Å². The first-order chi connectivity index (χ1) is 7.37. The zero-order valence-corrected chi connectivity index (χ0v) is 9.13. The van der Waals surface area contributed by atoms with Crippen molar-refractivity contribution in [2.24, 2.45) is 0 Å². The normalized spacial score (nSPS) is 30.9. The number of fused-ring (bicyclic) bond motifs is 2. The number of amides is 1. The van der Waals surface area contributed by atoms with Gasteiger partial charge >= 0.3 is 6.18 Å². The summed E-state index contributed by atoms with van der Waals surface area (Å²) in [6.45, 7) is 1.39. The zero-order valence-electron chi connectivity index (χ0n) is 9.13. The smallest absolute Gasteiger partial charge is 0.334 e. The van der Waals surface area contributed by atoms with Crippen molar-refractivity contribution in [2.45, 2.75) is 37.5 Å². The number of piperazine rings is 1. The third kappa shape index (κ3) is 2.31. The van der Waals surface area contributed by atoms with Gasteiger partial charge in [0.15, 0.2) is 0 Å². The Morgan fingerprint density at radius 3 is 2.19 bits per heavy atom. The third-order valence-corrected chi connectivity index (χ3v) is 3.30. The van der Waals surface area contributed by atoms with Crippen LogP contribution in [0.2, 0.25) is 0 Å². The van der Waals surface area contributed by atoms with Crippen molar-refractivity contribution < 1.29 is 18.0 Å². The Labute approximate surface area is 92.2 Å². The van der Waals surface area contributed by atoms with Crippen LogP contribution in [0.1, 0.15) is 19.3 Å². The predicted molar refractivity (Wildman–Crippen MR) is 51.8 cm³/mol. The molecule has 0 aliphatic carbocycles. The van der Waals surface area contributed by atoms with Crippen molar-refractivity contribution in [1.29, 1.82) is 0 Å². The van der Waals surface area contributed by atoms with Gasteiger partial charge in [-0.05, 0) is 19.9 Å². The second kappa shape index (κ2) is 3.91. The van der Waals surface area contributed by atoms with Gasteiger partial charge in [0.25, 0.3) is 0 Å². The number of hydrogen-bond donors (Lipinski definition) is 0. The summed E-state index contributed by atoms with van der Waals surface area (Å²) in [5.74, 6) is -0.756. The molecule has 0 N–H and O–H groups in total. The monoisotopic (exact) mass is 236 g/mol. The van der Waals surface area contributed by atoms with Gasteiger partial charge in [0, 0.05) is 25.2 Å². The molecule has 0 radical (unpaired) electrons. The summed E-state index contributed by atoms with van der Waals surface area (Å²) in [6.07, 6.45) is -4.04. The van der Waals surface area contributed by atoms with Crippen molar-refractivity contribution in [3.63, 3.8) is 0 Å². The number of rotatable bonds is 1. The molecule has 0 saturated carbocycles. The minimum Gasteiger partial charge on any atom is -0.334 e. The van der Waals surface area contributed by atoms with Gasteiger partial charge in [0.1, 0.15) is 6.42 Å². The summed E-state index contributed by atoms with van der Waals surface area (Å²) in [5.41, 5.74) is 0. The van der Waals surface area contributed by atoms with E-state index >= 15 is 0 Å². The van der Waals surface area contributed by atoms with Gasteiger partial charge in [-0.3, -0.25) is 4.79 Å². The maximum absolute atomic E-state index is 12.2. The van der Waals surface area contributed by atoms with E-state index in [4.69, 9.17) is 0 Å². The number of carbonyl (C=O) groups is 1. The molecule has 0 aromatic carbocycles. The molecule has 92 valence electrons. The van der Waals surface area contributed by atoms with Crippen LogP contribution in [0.3, 0.4) is 0 Å². The number of nitrogens with zero attached hydrogens (tertiary/aromatic N) is 2. The lowest BCUT2D eigenvalue weighted by Crippen LogP contribution is -2.55. The Hall–Kier alpha value is -0.780. The second-order valence-electron chi connectivity index (χ2n) is 4.70. The Bertz CT molecular complexity index is 278. The molecule has 2 atom stereocenters. The quantitative estimate of drug-likeness (QED) is 0.684. The maximum Gasteiger partial charge on any atom is 0.397 e. The van der Waals surface area contributed by atoms with Crippen LogP contribution < -0.4 is 0 Å². The van der Waals surface area contributed by atoms with Crippen LogP contribution in [-0.2, 0) is 4.79 Å². The summed E-state index contributed by atoms with van der Waals surface area (Å²) in [4.78, 5) is 15.1. The highest BCUT2D eigenvalue weighted by molar-refractivity contribution is 5.78. The van der Waals surface area contributed by atoms with Crippen LogP contribution >= 0.6 is 0 Å². The van der Waals surface area contributed by atoms with Crippen LogP contribution in [0.15, 0.2) is 0 Å². The van der Waals surface area contributed by atoms with E-state index in [2.05, 4.69) is 4.90 Å². The molecule has 0 aromatic heterocycles. The molecular formula is C10H15F3N2O. The topological polar surface area (TPSA) is 23.6 Å². The van der Waals surface area contributed by atoms with Gasteiger partial charge < -0.3 is 9.80 Å². The molecule has 0 aromatic rings. The van der Waals surface area contributed by atoms with Crippen molar-refractivity contribution in [2.75, 3.05) is 20.1 Å². The van der Waals surface area contributed by atoms with Crippen LogP contribution in [0.5, 0.6) is 0 Å². The molecular weight excluding hydrogens is 221 g/mol. The van der Waals surface area contributed by atoms with Crippen LogP contribution in [0, 0.1) is 0 Å². The summed E-state index contributed by atoms with van der Waals surface area (Å²) < 4.78 is 36.5. The van der Waals surface area contributed by atoms with E-state index in [9.17, 15) is 18.0 Å². The van der Waals surface area contributed by atoms with Gasteiger partial charge in [-0.15, -0.1) is 0 Å². The molecule has 2 fully saturated rings. The Kier molecular flexibility index (Phi) is 2.86. The van der Waals surface area contributed by atoms with Gasteiger partial charge in [0.2, 0.25) is 5.91 Å². The van der Waals surface area contributed by atoms with E-state index in [-0.39, 0.29) is 12.1 Å². The molecule has 2 unspecified atom stereocenters. The highest BCUT2D eigenvalue weighted by Gasteiger charge is 2.44. The summed E-state index contributed by atoms with van der Waals surface area (Å²) >= 11 is 0. The largest absolute Gasteiger partial charge is 0.397 e. The molecule has 2 aliphatic rings. The Morgan fingerprint density at radius 1 is 1.25 bits per heavy atom. The van der Waals surface area contributed by atoms with Gasteiger partial charge in [-0.25, -0.2) is 0 Å². The standard InChI is InChI=1S/C10H15F3N2O/c1-14-5-7-2-3-8(6-14)15(7)9(16)4-10(11,12)13/h7-8H,2-6H2,1H3. The summed E-state index contributed by atoms with van der Waals surface area (Å²) in [7, 11) is 1.94. The second-order valence-corrected chi connectivity index (χ2v) is 4.70. The molecule has 6 heteroatoms. The molecule has 2 heterocycles. The lowest BCUT2D eigenvalue weighted by atomic mass is 10.2. The van der Waals surface area contributed by atoms with E-state index in [1.54, 1.807) is 0 Å². The molecule has 2 saturated heterocycles. The lowest BCUT2D eigenvalue weighted by Gasteiger charge is -2.39. The fraction of sp³-hybridized carbons (Fsp3) is 0.900. The van der Waals surface area contributed by atoms with Gasteiger partial charge in [-0.1, -0.05) is 0 Å². The van der Waals surface area contributed by atoms with E-state index in [0.717, 1.165) is 12.8 Å². The molecule has 2 bridgehead atoms. The van der Waals surface area contributed by atoms with E-state index < -0.39 is 18.5 Å². The number of hydrogen-bond acceptors (Lipinski definition) is 2. The van der Waals surface area contributed by atoms with Gasteiger partial charge in [-0.2, -0.15) is 13.2 Å². The molecule has 2 rings (SSSR count). The molecule has 1 amide bonds. The van der Waals surface area contributed by atoms with Crippen molar-refractivity contribution in [1.82, 2.24) is 9.80 Å². The maximum atomic E-state index is 12.2. The fourth-order valence-corrected chi connectivity index (χ4v) is 2.78. The van der Waals surface area contributed by atoms with Crippen molar-refractivity contribution in [3.05, 3.63) is 0 Å².